The summed E-state index contributed by atoms with van der Waals surface area (Å²) in [6.45, 7) is -1.17. The van der Waals surface area contributed by atoms with Gasteiger partial charge in [0, 0.05) is 24.4 Å². The third kappa shape index (κ3) is 15.8. The lowest BCUT2D eigenvalue weighted by Gasteiger charge is -2.23. The molecule has 48 heteroatoms. The normalized spacial score (nSPS) is 30.3. The van der Waals surface area contributed by atoms with Crippen molar-refractivity contribution in [3.63, 3.8) is 0 Å². The number of nitrogen functional groups attached to an aromatic ring is 4. The second-order valence-electron chi connectivity index (χ2n) is 21.5. The van der Waals surface area contributed by atoms with Gasteiger partial charge in [-0.25, -0.2) is 38.2 Å². The zero-order chi connectivity index (χ0) is 72.2. The van der Waals surface area contributed by atoms with E-state index in [0.717, 1.165) is 30.9 Å². The zero-order valence-corrected chi connectivity index (χ0v) is 51.1. The molecule has 5 aliphatic rings. The van der Waals surface area contributed by atoms with Crippen molar-refractivity contribution >= 4 is 53.4 Å². The number of fused-ring (bicyclic) bond motifs is 2. The maximum atomic E-state index is 13.8. The van der Waals surface area contributed by atoms with E-state index in [1.54, 1.807) is 0 Å². The number of aliphatic hydroxyl groups excluding tert-OH is 11. The van der Waals surface area contributed by atoms with Gasteiger partial charge >= 0.3 is 31.4 Å². The molecule has 0 amide bonds. The Kier molecular flexibility index (Phi) is 23.5. The fourth-order valence-electron chi connectivity index (χ4n) is 10.1. The van der Waals surface area contributed by atoms with Gasteiger partial charge in [0.05, 0.1) is 51.8 Å². The summed E-state index contributed by atoms with van der Waals surface area (Å²) in [6.07, 6.45) is -10.9. The van der Waals surface area contributed by atoms with Crippen molar-refractivity contribution in [2.75, 3.05) is 50.2 Å². The number of aliphatic hydroxyl groups is 11. The summed E-state index contributed by atoms with van der Waals surface area (Å²) in [4.78, 5) is 82.7. The molecule has 7 aromatic rings. The summed E-state index contributed by atoms with van der Waals surface area (Å²) in [5.41, 5.74) is 18.6. The average molecular weight is 1410 g/mol. The Morgan fingerprint density at radius 3 is 1.82 bits per heavy atom. The summed E-state index contributed by atoms with van der Waals surface area (Å²) < 4.78 is 87.5. The molecule has 5 fully saturated rings. The van der Waals surface area contributed by atoms with Crippen LogP contribution in [0.5, 0.6) is 0 Å². The first kappa shape index (κ1) is 74.8. The second kappa shape index (κ2) is 30.8. The van der Waals surface area contributed by atoms with E-state index in [9.17, 15) is 73.0 Å². The number of aromatic nitrogens is 15. The molecule has 4 unspecified atom stereocenters. The number of ether oxygens (including phenoxy) is 5. The second-order valence-corrected chi connectivity index (χ2v) is 22.8. The molecule has 0 bridgehead atoms. The highest BCUT2D eigenvalue weighted by atomic mass is 31.2. The lowest BCUT2D eigenvalue weighted by molar-refractivity contribution is -0.0891. The lowest BCUT2D eigenvalue weighted by atomic mass is 9.99. The van der Waals surface area contributed by atoms with Gasteiger partial charge in [-0.1, -0.05) is 5.92 Å². The number of aryl methyl sites for hydroxylation is 1. The number of imidazole rings is 2. The lowest BCUT2D eigenvalue weighted by Crippen LogP contribution is -2.41. The van der Waals surface area contributed by atoms with Gasteiger partial charge in [-0.15, -0.1) is 11.5 Å². The largest absolute Gasteiger partial charge is 0.469 e. The number of anilines is 3. The summed E-state index contributed by atoms with van der Waals surface area (Å²) in [6, 6.07) is 3.25. The molecule has 7 aromatic heterocycles. The van der Waals surface area contributed by atoms with E-state index >= 15 is 0 Å². The van der Waals surface area contributed by atoms with Crippen LogP contribution in [0.3, 0.4) is 0 Å². The number of phosphoric ester groups is 1. The van der Waals surface area contributed by atoms with Crippen molar-refractivity contribution in [1.29, 1.82) is 10.7 Å². The number of nitriles is 1. The van der Waals surface area contributed by atoms with Gasteiger partial charge in [-0.2, -0.15) is 39.0 Å². The molecule has 0 saturated carbocycles. The van der Waals surface area contributed by atoms with Crippen LogP contribution in [0.4, 0.5) is 30.6 Å². The van der Waals surface area contributed by atoms with Crippen molar-refractivity contribution in [3.05, 3.63) is 92.3 Å². The van der Waals surface area contributed by atoms with E-state index in [1.165, 1.54) is 36.4 Å². The molecule has 0 radical (unpaired) electrons. The van der Waals surface area contributed by atoms with E-state index in [4.69, 9.17) is 88.8 Å². The highest BCUT2D eigenvalue weighted by Crippen LogP contribution is 2.41. The number of nitrogens with one attached hydrogen (secondary N) is 2. The molecular formula is C50H63F3N21O23P. The van der Waals surface area contributed by atoms with Gasteiger partial charge in [0.15, 0.2) is 76.5 Å². The quantitative estimate of drug-likeness (QED) is 0.0168. The van der Waals surface area contributed by atoms with Gasteiger partial charge in [0.2, 0.25) is 5.82 Å². The van der Waals surface area contributed by atoms with Gasteiger partial charge in [0.1, 0.15) is 91.4 Å². The van der Waals surface area contributed by atoms with Crippen LogP contribution in [0.25, 0.3) is 22.3 Å². The number of terminal acetylenes is 1. The Hall–Kier alpha value is -9.02. The first-order chi connectivity index (χ1) is 46.2. The van der Waals surface area contributed by atoms with Crippen LogP contribution in [0.15, 0.2) is 51.8 Å². The number of amidine groups is 1. The Morgan fingerprint density at radius 1 is 0.755 bits per heavy atom. The maximum absolute atomic E-state index is 13.8. The standard InChI is InChI=1S/C12H12FN5O3.C10H13FN5O7P.C10H13FN2O5.C10H12N4O4.C8H13N5O4/c1-2-12(4-19)6(20)3-7(21-12)18-5-15-8-9(14)16-11(13)17-10(8)18;11-10-14-7(12)4-8(15-10)16(2-13-4)9-6(18)5(17)3(23-9)1-22-24(19,20)21;1-4-2-13(10(17)12-8(4)16)9-6(11)7(15)5(3-14)18-9;11-3-5-8(16)6(4-15)18-9(5)14-2-1-7(12)13-10(14)17;9-6(10)7-11-2-13(12-7)8-5(16)4(15)3(1-14)17-8/h1,5-7,19-20H,3-4H2,(H2,14,16,17);2-3,5-6,9,17-18H,1H2,(H2,12,14,15)(H2,19,20,21);2,5-7,9,14-15H,3H2,1H3,(H,12,16,17);1-2,5-6,8-9,15-16H,4H2,(H2,12,13,17);2-5,8,14-16H,1H2,(H3,9,10)/t6-,7-,12-;3-,5+,6?,9-;5-,6?,7+,9-;5?,6-,8-,9-;3-,4+,5?,8-/m11011/s1. The number of rotatable bonds is 13. The van der Waals surface area contributed by atoms with Gasteiger partial charge in [-0.05, 0) is 13.0 Å². The molecular weight excluding hydrogens is 1350 g/mol. The number of nitrogens with zero attached hydrogens (tertiary/aromatic N) is 15. The minimum atomic E-state index is -4.78. The SMILES string of the molecule is C#C[C@]1(CO)O[C@@H](n2cnc3c(N)nc(F)nc32)C[C@H]1O.Cc1cn([C@H]2O[C@@H](CO)[C@@H](O)C2F)c(=O)[nH]c1=O.N#CC1[C@@H](O)[C@@H](CO)O[C@H]1n1ccc(N)nc1=O.N=C(N)c1ncn([C@@H]2O[C@H](CO)[C@H](O)C2O)n1.Nc1nc(F)nc2c1ncn2[C@@H]1O[C@H](COP(=O)(O)O)[C@H](O)C1O. The van der Waals surface area contributed by atoms with Gasteiger partial charge < -0.3 is 113 Å². The molecule has 12 rings (SSSR count). The number of hydrogen-bond donors (Lipinski definition) is 19. The van der Waals surface area contributed by atoms with Crippen LogP contribution >= 0.6 is 7.82 Å². The van der Waals surface area contributed by atoms with Crippen LogP contribution in [0, 0.1) is 54.1 Å². The molecule has 23 N–H and O–H groups in total. The number of halogens is 3. The predicted molar refractivity (Wildman–Crippen MR) is 314 cm³/mol. The van der Waals surface area contributed by atoms with Gasteiger partial charge in [0.25, 0.3) is 5.56 Å². The van der Waals surface area contributed by atoms with Crippen molar-refractivity contribution in [3.8, 4) is 18.4 Å². The predicted octanol–water partition coefficient (Wildman–Crippen LogP) is -8.71. The van der Waals surface area contributed by atoms with Crippen molar-refractivity contribution < 1.29 is 112 Å². The molecule has 44 nitrogen and oxygen atoms in total. The number of phosphoric acid groups is 1. The zero-order valence-electron chi connectivity index (χ0n) is 50.2. The third-order valence-corrected chi connectivity index (χ3v) is 15.7. The van der Waals surface area contributed by atoms with Gasteiger partial charge in [-0.3, -0.25) is 38.0 Å². The van der Waals surface area contributed by atoms with E-state index in [1.807, 2.05) is 11.1 Å². The highest BCUT2D eigenvalue weighted by Gasteiger charge is 2.50. The van der Waals surface area contributed by atoms with Crippen LogP contribution in [-0.2, 0) is 32.8 Å². The van der Waals surface area contributed by atoms with Crippen molar-refractivity contribution in [2.24, 2.45) is 11.7 Å². The minimum Gasteiger partial charge on any atom is -0.394 e. The Bertz CT molecular complexity index is 4300. The van der Waals surface area contributed by atoms with Crippen LogP contribution in [0.1, 0.15) is 48.9 Å². The number of hydrogen-bond acceptors (Lipinski definition) is 35. The van der Waals surface area contributed by atoms with Crippen LogP contribution in [-0.4, -0.2) is 257 Å². The monoisotopic (exact) mass is 1410 g/mol. The smallest absolute Gasteiger partial charge is 0.394 e. The molecule has 0 spiro atoms. The maximum Gasteiger partial charge on any atom is 0.469 e. The van der Waals surface area contributed by atoms with Crippen molar-refractivity contribution in [2.45, 2.75) is 123 Å². The highest BCUT2D eigenvalue weighted by molar-refractivity contribution is 7.46. The summed E-state index contributed by atoms with van der Waals surface area (Å²) in [7, 11) is -4.78. The van der Waals surface area contributed by atoms with Crippen molar-refractivity contribution in [1.82, 2.24) is 72.9 Å². The molecule has 12 heterocycles. The van der Waals surface area contributed by atoms with E-state index in [2.05, 4.69) is 55.4 Å². The van der Waals surface area contributed by atoms with E-state index in [-0.39, 0.29) is 63.4 Å². The Balaban J connectivity index is 0.000000157. The number of aromatic amines is 1. The fourth-order valence-corrected chi connectivity index (χ4v) is 10.4. The third-order valence-electron chi connectivity index (χ3n) is 15.2. The molecule has 0 aromatic carbocycles. The summed E-state index contributed by atoms with van der Waals surface area (Å²) in [5.74, 6) is 0.735. The molecule has 5 saturated heterocycles. The topological polar surface area (TPSA) is 695 Å². The average Bonchev–Trinajstić information content (AvgIpc) is 1.63. The van der Waals surface area contributed by atoms with E-state index in [0.29, 0.717) is 0 Å². The fraction of sp³-hybridized carbons (Fsp3) is 0.520. The summed E-state index contributed by atoms with van der Waals surface area (Å²) in [5, 5.41) is 125. The number of H-pyrrole nitrogens is 1. The number of nitrogens with two attached hydrogens (primary N) is 4. The summed E-state index contributed by atoms with van der Waals surface area (Å²) >= 11 is 0. The molecule has 5 aliphatic heterocycles. The first-order valence-electron chi connectivity index (χ1n) is 28.2. The molecule has 98 heavy (non-hydrogen) atoms. The molecule has 0 aliphatic carbocycles. The van der Waals surface area contributed by atoms with Crippen LogP contribution in [0.2, 0.25) is 0 Å². The minimum absolute atomic E-state index is 0.00254. The Labute approximate surface area is 543 Å². The Morgan fingerprint density at radius 2 is 1.30 bits per heavy atom. The number of alkyl halides is 1. The molecule has 532 valence electrons. The molecule has 19 atom stereocenters. The van der Waals surface area contributed by atoms with Crippen LogP contribution < -0.4 is 39.9 Å². The van der Waals surface area contributed by atoms with E-state index < -0.39 is 186 Å². The first-order valence-corrected chi connectivity index (χ1v) is 29.7.